The van der Waals surface area contributed by atoms with E-state index in [9.17, 15) is 0 Å². The van der Waals surface area contributed by atoms with Gasteiger partial charge in [-0.3, -0.25) is 4.99 Å². The molecule has 0 aliphatic carbocycles. The van der Waals surface area contributed by atoms with Crippen molar-refractivity contribution < 1.29 is 4.74 Å². The number of rotatable bonds is 7. The number of anilines is 1. The molecule has 0 saturated heterocycles. The summed E-state index contributed by atoms with van der Waals surface area (Å²) in [5.74, 6) is 0.682. The molecule has 0 saturated carbocycles. The van der Waals surface area contributed by atoms with Crippen LogP contribution < -0.4 is 10.1 Å². The van der Waals surface area contributed by atoms with E-state index < -0.39 is 0 Å². The van der Waals surface area contributed by atoms with Crippen LogP contribution in [-0.2, 0) is 6.54 Å². The van der Waals surface area contributed by atoms with E-state index in [1.54, 1.807) is 11.3 Å². The lowest BCUT2D eigenvalue weighted by Crippen LogP contribution is -2.12. The minimum Gasteiger partial charge on any atom is -0.463 e. The van der Waals surface area contributed by atoms with Gasteiger partial charge in [-0.15, -0.1) is 11.3 Å². The Balaban J connectivity index is 1.62. The molecule has 2 aromatic heterocycles. The molecule has 2 aromatic rings. The standard InChI is InChI=1S/C18H22ClN5OS/c1-11-16(19)23-18(25-9-7-14-6-4-5-8-20-14)24-17(11)21-10-15-12(2)22-13(3)26-15/h4,6,8,14H,5,7,9-10H2,1-3H3,(H,21,23,24). The first-order chi connectivity index (χ1) is 12.5. The number of nitrogens with one attached hydrogen (secondary N) is 1. The Bertz CT molecular complexity index is 821. The van der Waals surface area contributed by atoms with Crippen molar-refractivity contribution in [2.75, 3.05) is 11.9 Å². The van der Waals surface area contributed by atoms with Gasteiger partial charge < -0.3 is 10.1 Å². The lowest BCUT2D eigenvalue weighted by molar-refractivity contribution is 0.282. The van der Waals surface area contributed by atoms with Crippen molar-refractivity contribution >= 4 is 35.0 Å². The van der Waals surface area contributed by atoms with E-state index in [2.05, 4.69) is 37.4 Å². The van der Waals surface area contributed by atoms with Gasteiger partial charge in [0.15, 0.2) is 0 Å². The fourth-order valence-electron chi connectivity index (χ4n) is 2.59. The number of aryl methyl sites for hydroxylation is 2. The SMILES string of the molecule is Cc1nc(C)c(CNc2nc(OCCC3C=CCC=N3)nc(Cl)c2C)s1. The second-order valence-electron chi connectivity index (χ2n) is 6.07. The van der Waals surface area contributed by atoms with Crippen molar-refractivity contribution in [3.63, 3.8) is 0 Å². The molecule has 6 nitrogen and oxygen atoms in total. The monoisotopic (exact) mass is 391 g/mol. The summed E-state index contributed by atoms with van der Waals surface area (Å²) in [5, 5.41) is 4.77. The number of thiazole rings is 1. The van der Waals surface area contributed by atoms with Gasteiger partial charge in [-0.25, -0.2) is 4.98 Å². The predicted molar refractivity (Wildman–Crippen MR) is 107 cm³/mol. The highest BCUT2D eigenvalue weighted by Gasteiger charge is 2.13. The van der Waals surface area contributed by atoms with Crippen molar-refractivity contribution in [2.45, 2.75) is 46.2 Å². The summed E-state index contributed by atoms with van der Waals surface area (Å²) in [4.78, 5) is 18.7. The highest BCUT2D eigenvalue weighted by Crippen LogP contribution is 2.25. The summed E-state index contributed by atoms with van der Waals surface area (Å²) in [7, 11) is 0. The first-order valence-electron chi connectivity index (χ1n) is 8.55. The Labute approximate surface area is 162 Å². The van der Waals surface area contributed by atoms with Crippen LogP contribution in [0.2, 0.25) is 5.15 Å². The van der Waals surface area contributed by atoms with Gasteiger partial charge in [0, 0.05) is 29.5 Å². The first kappa shape index (κ1) is 18.8. The van der Waals surface area contributed by atoms with E-state index in [1.165, 1.54) is 4.88 Å². The fraction of sp³-hybridized carbons (Fsp3) is 0.444. The van der Waals surface area contributed by atoms with Gasteiger partial charge in [0.1, 0.15) is 11.0 Å². The molecule has 1 aliphatic heterocycles. The number of nitrogens with zero attached hydrogens (tertiary/aromatic N) is 4. The van der Waals surface area contributed by atoms with Crippen LogP contribution in [0.3, 0.4) is 0 Å². The van der Waals surface area contributed by atoms with E-state index in [4.69, 9.17) is 16.3 Å². The second kappa shape index (κ2) is 8.60. The third-order valence-corrected chi connectivity index (χ3v) is 5.46. The third kappa shape index (κ3) is 4.80. The average Bonchev–Trinajstić information content (AvgIpc) is 2.95. The third-order valence-electron chi connectivity index (χ3n) is 4.02. The fourth-order valence-corrected chi connectivity index (χ4v) is 3.63. The van der Waals surface area contributed by atoms with Crippen molar-refractivity contribution in [1.82, 2.24) is 15.0 Å². The molecule has 0 aromatic carbocycles. The topological polar surface area (TPSA) is 72.3 Å². The molecule has 0 amide bonds. The zero-order chi connectivity index (χ0) is 18.5. The van der Waals surface area contributed by atoms with Crippen LogP contribution in [-0.4, -0.2) is 33.8 Å². The maximum absolute atomic E-state index is 6.25. The molecule has 138 valence electrons. The first-order valence-corrected chi connectivity index (χ1v) is 9.74. The lowest BCUT2D eigenvalue weighted by Gasteiger charge is -2.13. The van der Waals surface area contributed by atoms with E-state index in [0.717, 1.165) is 29.1 Å². The molecule has 1 aliphatic rings. The summed E-state index contributed by atoms with van der Waals surface area (Å²) in [6.45, 7) is 7.04. The van der Waals surface area contributed by atoms with E-state index in [0.29, 0.717) is 24.1 Å². The second-order valence-corrected chi connectivity index (χ2v) is 7.71. The van der Waals surface area contributed by atoms with Crippen LogP contribution in [0.4, 0.5) is 5.82 Å². The average molecular weight is 392 g/mol. The van der Waals surface area contributed by atoms with Crippen LogP contribution in [0.5, 0.6) is 6.01 Å². The molecule has 8 heteroatoms. The molecule has 1 N–H and O–H groups in total. The highest BCUT2D eigenvalue weighted by atomic mass is 35.5. The molecule has 26 heavy (non-hydrogen) atoms. The minimum atomic E-state index is 0.166. The number of hydrogen-bond donors (Lipinski definition) is 1. The Morgan fingerprint density at radius 3 is 2.81 bits per heavy atom. The summed E-state index contributed by atoms with van der Waals surface area (Å²) in [6.07, 6.45) is 7.82. The number of dihydropyridines is 1. The molecule has 0 bridgehead atoms. The summed E-state index contributed by atoms with van der Waals surface area (Å²) >= 11 is 7.92. The Hall–Kier alpha value is -1.99. The number of hydrogen-bond acceptors (Lipinski definition) is 7. The van der Waals surface area contributed by atoms with Crippen molar-refractivity contribution in [3.8, 4) is 6.01 Å². The number of halogens is 1. The molecular formula is C18H22ClN5OS. The predicted octanol–water partition coefficient (Wildman–Crippen LogP) is 4.29. The zero-order valence-corrected chi connectivity index (χ0v) is 16.7. The van der Waals surface area contributed by atoms with Crippen molar-refractivity contribution in [1.29, 1.82) is 0 Å². The Morgan fingerprint density at radius 2 is 2.12 bits per heavy atom. The van der Waals surface area contributed by atoms with E-state index in [1.807, 2.05) is 27.0 Å². The van der Waals surface area contributed by atoms with Gasteiger partial charge in [-0.05, 0) is 20.8 Å². The molecule has 1 unspecified atom stereocenters. The van der Waals surface area contributed by atoms with Gasteiger partial charge in [-0.1, -0.05) is 23.8 Å². The van der Waals surface area contributed by atoms with Crippen LogP contribution in [0.15, 0.2) is 17.1 Å². The van der Waals surface area contributed by atoms with Gasteiger partial charge in [-0.2, -0.15) is 9.97 Å². The molecule has 0 fully saturated rings. The number of aliphatic imine (C=N–C) groups is 1. The Morgan fingerprint density at radius 1 is 1.27 bits per heavy atom. The normalized spacial score (nSPS) is 16.1. The summed E-state index contributed by atoms with van der Waals surface area (Å²) < 4.78 is 5.70. The van der Waals surface area contributed by atoms with Gasteiger partial charge in [0.25, 0.3) is 0 Å². The minimum absolute atomic E-state index is 0.166. The lowest BCUT2D eigenvalue weighted by atomic mass is 10.1. The van der Waals surface area contributed by atoms with E-state index in [-0.39, 0.29) is 12.1 Å². The number of ether oxygens (including phenoxy) is 1. The summed E-state index contributed by atoms with van der Waals surface area (Å²) in [6, 6.07) is 0.448. The molecular weight excluding hydrogens is 370 g/mol. The van der Waals surface area contributed by atoms with Crippen LogP contribution in [0, 0.1) is 20.8 Å². The largest absolute Gasteiger partial charge is 0.463 e. The van der Waals surface area contributed by atoms with Crippen molar-refractivity contribution in [3.05, 3.63) is 38.4 Å². The molecule has 3 heterocycles. The van der Waals surface area contributed by atoms with Crippen LogP contribution in [0.1, 0.15) is 34.0 Å². The maximum Gasteiger partial charge on any atom is 0.319 e. The summed E-state index contributed by atoms with van der Waals surface area (Å²) in [5.41, 5.74) is 1.84. The molecule has 0 radical (unpaired) electrons. The van der Waals surface area contributed by atoms with E-state index >= 15 is 0 Å². The quantitative estimate of drug-likeness (QED) is 0.563. The Kier molecular flexibility index (Phi) is 6.21. The molecule has 0 spiro atoms. The molecule has 1 atom stereocenters. The van der Waals surface area contributed by atoms with Gasteiger partial charge >= 0.3 is 6.01 Å². The smallest absolute Gasteiger partial charge is 0.319 e. The van der Waals surface area contributed by atoms with Crippen LogP contribution >= 0.6 is 22.9 Å². The van der Waals surface area contributed by atoms with Crippen LogP contribution in [0.25, 0.3) is 0 Å². The van der Waals surface area contributed by atoms with Gasteiger partial charge in [0.05, 0.1) is 29.9 Å². The number of allylic oxidation sites excluding steroid dienone is 1. The number of aromatic nitrogens is 3. The highest BCUT2D eigenvalue weighted by molar-refractivity contribution is 7.11. The molecule has 3 rings (SSSR count). The van der Waals surface area contributed by atoms with Crippen molar-refractivity contribution in [2.24, 2.45) is 4.99 Å². The zero-order valence-electron chi connectivity index (χ0n) is 15.1. The van der Waals surface area contributed by atoms with Gasteiger partial charge in [0.2, 0.25) is 0 Å². The maximum atomic E-state index is 6.25.